The lowest BCUT2D eigenvalue weighted by molar-refractivity contribution is 0.0737. The highest BCUT2D eigenvalue weighted by molar-refractivity contribution is 5.20. The maximum atomic E-state index is 3.46. The minimum absolute atomic E-state index is 0.540. The molecule has 4 heteroatoms. The second-order valence-corrected chi connectivity index (χ2v) is 6.45. The summed E-state index contributed by atoms with van der Waals surface area (Å²) in [6.07, 6.45) is 0. The molecule has 2 saturated heterocycles. The molecule has 0 saturated carbocycles. The lowest BCUT2D eigenvalue weighted by Gasteiger charge is -2.41. The van der Waals surface area contributed by atoms with Gasteiger partial charge < -0.3 is 10.2 Å². The van der Waals surface area contributed by atoms with Gasteiger partial charge in [0.25, 0.3) is 0 Å². The Morgan fingerprint density at radius 1 is 0.909 bits per heavy atom. The second-order valence-electron chi connectivity index (χ2n) is 6.45. The number of nitrogens with one attached hydrogen (secondary N) is 1. The summed E-state index contributed by atoms with van der Waals surface area (Å²) in [5, 5.41) is 3.46. The molecular formula is C18H30N4. The third-order valence-corrected chi connectivity index (χ3v) is 5.12. The number of likely N-dealkylation sites (N-methyl/N-ethyl adjacent to an activating group) is 1. The van der Waals surface area contributed by atoms with Crippen molar-refractivity contribution in [2.24, 2.45) is 0 Å². The zero-order chi connectivity index (χ0) is 15.2. The molecule has 1 aromatic rings. The molecule has 1 unspecified atom stereocenters. The molecule has 2 heterocycles. The maximum absolute atomic E-state index is 3.46. The summed E-state index contributed by atoms with van der Waals surface area (Å²) >= 11 is 0. The van der Waals surface area contributed by atoms with E-state index in [9.17, 15) is 0 Å². The smallest absolute Gasteiger partial charge is 0.0476 e. The summed E-state index contributed by atoms with van der Waals surface area (Å²) in [5.74, 6) is 0. The van der Waals surface area contributed by atoms with Gasteiger partial charge in [-0.15, -0.1) is 0 Å². The molecule has 2 aliphatic heterocycles. The van der Waals surface area contributed by atoms with Gasteiger partial charge in [0.05, 0.1) is 0 Å². The van der Waals surface area contributed by atoms with E-state index in [1.165, 1.54) is 51.4 Å². The maximum Gasteiger partial charge on any atom is 0.0476 e. The Hall–Kier alpha value is -0.940. The fourth-order valence-electron chi connectivity index (χ4n) is 3.64. The van der Waals surface area contributed by atoms with Crippen LogP contribution >= 0.6 is 0 Å². The summed E-state index contributed by atoms with van der Waals surface area (Å²) in [4.78, 5) is 7.88. The molecule has 0 bridgehead atoms. The van der Waals surface area contributed by atoms with Crippen molar-refractivity contribution in [3.05, 3.63) is 35.9 Å². The monoisotopic (exact) mass is 302 g/mol. The second kappa shape index (κ2) is 8.06. The van der Waals surface area contributed by atoms with E-state index in [2.05, 4.69) is 57.3 Å². The average molecular weight is 302 g/mol. The first-order chi connectivity index (χ1) is 10.9. The first kappa shape index (κ1) is 15.9. The molecule has 1 aromatic carbocycles. The van der Waals surface area contributed by atoms with Crippen LogP contribution in [0.15, 0.2) is 30.3 Å². The normalized spacial score (nSPS) is 23.5. The zero-order valence-corrected chi connectivity index (χ0v) is 13.9. The van der Waals surface area contributed by atoms with Crippen LogP contribution in [0.5, 0.6) is 0 Å². The highest BCUT2D eigenvalue weighted by atomic mass is 15.3. The number of hydrogen-bond donors (Lipinski definition) is 1. The third-order valence-electron chi connectivity index (χ3n) is 5.12. The Morgan fingerprint density at radius 2 is 1.59 bits per heavy atom. The third kappa shape index (κ3) is 4.07. The largest absolute Gasteiger partial charge is 0.314 e. The first-order valence-corrected chi connectivity index (χ1v) is 8.81. The van der Waals surface area contributed by atoms with Crippen molar-refractivity contribution in [1.29, 1.82) is 0 Å². The Labute approximate surface area is 135 Å². The van der Waals surface area contributed by atoms with E-state index in [0.29, 0.717) is 6.04 Å². The van der Waals surface area contributed by atoms with Gasteiger partial charge in [-0.3, -0.25) is 9.80 Å². The van der Waals surface area contributed by atoms with Crippen molar-refractivity contribution in [2.75, 3.05) is 65.4 Å². The minimum atomic E-state index is 0.540. The van der Waals surface area contributed by atoms with Gasteiger partial charge in [0.2, 0.25) is 0 Å². The Balaban J connectivity index is 1.68. The Morgan fingerprint density at radius 3 is 2.23 bits per heavy atom. The topological polar surface area (TPSA) is 21.8 Å². The van der Waals surface area contributed by atoms with Gasteiger partial charge in [-0.1, -0.05) is 37.3 Å². The minimum Gasteiger partial charge on any atom is -0.314 e. The van der Waals surface area contributed by atoms with E-state index in [1.54, 1.807) is 0 Å². The van der Waals surface area contributed by atoms with Crippen LogP contribution in [-0.4, -0.2) is 80.1 Å². The summed E-state index contributed by atoms with van der Waals surface area (Å²) in [6.45, 7) is 14.0. The highest BCUT2D eigenvalue weighted by Crippen LogP contribution is 2.23. The number of rotatable bonds is 5. The van der Waals surface area contributed by atoms with Crippen molar-refractivity contribution in [2.45, 2.75) is 13.0 Å². The SMILES string of the molecule is CCN1CCN(C(CN2CCNCC2)c2ccccc2)CC1. The standard InChI is InChI=1S/C18H30N4/c1-2-20-12-14-22(15-13-20)18(17-6-4-3-5-7-17)16-21-10-8-19-9-11-21/h3-7,18-19H,2,8-16H2,1H3. The van der Waals surface area contributed by atoms with Gasteiger partial charge >= 0.3 is 0 Å². The lowest BCUT2D eigenvalue weighted by Crippen LogP contribution is -2.51. The van der Waals surface area contributed by atoms with Crippen LogP contribution in [0.4, 0.5) is 0 Å². The van der Waals surface area contributed by atoms with Gasteiger partial charge in [-0.25, -0.2) is 0 Å². The van der Waals surface area contributed by atoms with Gasteiger partial charge in [-0.2, -0.15) is 0 Å². The van der Waals surface area contributed by atoms with Gasteiger partial charge in [0.15, 0.2) is 0 Å². The number of benzene rings is 1. The molecule has 0 aliphatic carbocycles. The summed E-state index contributed by atoms with van der Waals surface area (Å²) in [5.41, 5.74) is 1.48. The Bertz CT molecular complexity index is 422. The van der Waals surface area contributed by atoms with E-state index in [4.69, 9.17) is 0 Å². The first-order valence-electron chi connectivity index (χ1n) is 8.81. The average Bonchev–Trinajstić information content (AvgIpc) is 2.61. The summed E-state index contributed by atoms with van der Waals surface area (Å²) in [6, 6.07) is 11.6. The molecule has 4 nitrogen and oxygen atoms in total. The molecule has 22 heavy (non-hydrogen) atoms. The van der Waals surface area contributed by atoms with Crippen LogP contribution in [0.2, 0.25) is 0 Å². The zero-order valence-electron chi connectivity index (χ0n) is 13.9. The van der Waals surface area contributed by atoms with E-state index in [0.717, 1.165) is 19.6 Å². The van der Waals surface area contributed by atoms with Crippen LogP contribution < -0.4 is 5.32 Å². The molecule has 0 amide bonds. The van der Waals surface area contributed by atoms with Crippen molar-refractivity contribution in [1.82, 2.24) is 20.0 Å². The van der Waals surface area contributed by atoms with E-state index >= 15 is 0 Å². The van der Waals surface area contributed by atoms with Gasteiger partial charge in [0, 0.05) is 64.9 Å². The van der Waals surface area contributed by atoms with Crippen LogP contribution in [0.25, 0.3) is 0 Å². The molecular weight excluding hydrogens is 272 g/mol. The van der Waals surface area contributed by atoms with E-state index < -0.39 is 0 Å². The Kier molecular flexibility index (Phi) is 5.84. The predicted molar refractivity (Wildman–Crippen MR) is 92.2 cm³/mol. The van der Waals surface area contributed by atoms with Crippen molar-refractivity contribution in [3.63, 3.8) is 0 Å². The van der Waals surface area contributed by atoms with Crippen LogP contribution in [0.1, 0.15) is 18.5 Å². The molecule has 0 spiro atoms. The fourth-order valence-corrected chi connectivity index (χ4v) is 3.64. The number of hydrogen-bond acceptors (Lipinski definition) is 4. The molecule has 0 aromatic heterocycles. The lowest BCUT2D eigenvalue weighted by atomic mass is 10.0. The van der Waals surface area contributed by atoms with E-state index in [1.807, 2.05) is 0 Å². The molecule has 1 N–H and O–H groups in total. The number of piperazine rings is 2. The van der Waals surface area contributed by atoms with Gasteiger partial charge in [-0.05, 0) is 12.1 Å². The molecule has 1 atom stereocenters. The molecule has 2 aliphatic rings. The molecule has 122 valence electrons. The summed E-state index contributed by atoms with van der Waals surface area (Å²) in [7, 11) is 0. The predicted octanol–water partition coefficient (Wildman–Crippen LogP) is 1.27. The highest BCUT2D eigenvalue weighted by Gasteiger charge is 2.26. The van der Waals surface area contributed by atoms with Crippen molar-refractivity contribution in [3.8, 4) is 0 Å². The fraction of sp³-hybridized carbons (Fsp3) is 0.667. The molecule has 2 fully saturated rings. The van der Waals surface area contributed by atoms with Crippen LogP contribution in [0.3, 0.4) is 0 Å². The summed E-state index contributed by atoms with van der Waals surface area (Å²) < 4.78 is 0. The van der Waals surface area contributed by atoms with Crippen LogP contribution in [0, 0.1) is 0 Å². The van der Waals surface area contributed by atoms with Crippen molar-refractivity contribution < 1.29 is 0 Å². The quantitative estimate of drug-likeness (QED) is 0.884. The molecule has 0 radical (unpaired) electrons. The van der Waals surface area contributed by atoms with E-state index in [-0.39, 0.29) is 0 Å². The van der Waals surface area contributed by atoms with Crippen LogP contribution in [-0.2, 0) is 0 Å². The number of nitrogens with zero attached hydrogens (tertiary/aromatic N) is 3. The van der Waals surface area contributed by atoms with Crippen molar-refractivity contribution >= 4 is 0 Å². The van der Waals surface area contributed by atoms with Gasteiger partial charge in [0.1, 0.15) is 0 Å². The molecule has 3 rings (SSSR count).